The number of amides is 3. The fraction of sp³-hybridized carbons (Fsp3) is 0.269. The number of carbonyl (C=O) groups is 2. The van der Waals surface area contributed by atoms with Gasteiger partial charge in [0.2, 0.25) is 5.91 Å². The number of rotatable bonds is 6. The third kappa shape index (κ3) is 5.72. The maximum atomic E-state index is 13.0. The number of hydrogen-bond donors (Lipinski definition) is 2. The molecule has 2 heterocycles. The number of pyridine rings is 1. The van der Waals surface area contributed by atoms with Crippen LogP contribution in [0.5, 0.6) is 0 Å². The van der Waals surface area contributed by atoms with Gasteiger partial charge in [0.1, 0.15) is 0 Å². The van der Waals surface area contributed by atoms with Gasteiger partial charge in [-0.1, -0.05) is 54.6 Å². The summed E-state index contributed by atoms with van der Waals surface area (Å²) in [6.07, 6.45) is 5.47. The van der Waals surface area contributed by atoms with Crippen LogP contribution in [-0.4, -0.2) is 41.5 Å². The highest BCUT2D eigenvalue weighted by Gasteiger charge is 2.23. The SMILES string of the molecule is O=C(NCC1CCN(C(=O)Cc2ccccc2-c2ccccc2)CC1)Nc1ccncc1. The van der Waals surface area contributed by atoms with Gasteiger partial charge < -0.3 is 15.5 Å². The lowest BCUT2D eigenvalue weighted by Crippen LogP contribution is -2.42. The van der Waals surface area contributed by atoms with Gasteiger partial charge in [-0.3, -0.25) is 9.78 Å². The van der Waals surface area contributed by atoms with Crippen molar-refractivity contribution in [2.45, 2.75) is 19.3 Å². The number of carbonyl (C=O) groups excluding carboxylic acids is 2. The highest BCUT2D eigenvalue weighted by molar-refractivity contribution is 5.89. The van der Waals surface area contributed by atoms with E-state index in [-0.39, 0.29) is 11.9 Å². The minimum Gasteiger partial charge on any atom is -0.342 e. The molecule has 4 rings (SSSR count). The maximum Gasteiger partial charge on any atom is 0.319 e. The molecular weight excluding hydrogens is 400 g/mol. The molecule has 0 unspecified atom stereocenters. The van der Waals surface area contributed by atoms with Crippen molar-refractivity contribution in [3.63, 3.8) is 0 Å². The van der Waals surface area contributed by atoms with E-state index in [1.165, 1.54) is 0 Å². The minimum absolute atomic E-state index is 0.162. The fourth-order valence-electron chi connectivity index (χ4n) is 4.08. The molecular formula is C26H28N4O2. The Hall–Kier alpha value is -3.67. The van der Waals surface area contributed by atoms with E-state index in [4.69, 9.17) is 0 Å². The Morgan fingerprint density at radius 3 is 2.34 bits per heavy atom. The Morgan fingerprint density at radius 1 is 0.906 bits per heavy atom. The quantitative estimate of drug-likeness (QED) is 0.613. The Labute approximate surface area is 188 Å². The fourth-order valence-corrected chi connectivity index (χ4v) is 4.08. The predicted octanol–water partition coefficient (Wildman–Crippen LogP) is 4.35. The summed E-state index contributed by atoms with van der Waals surface area (Å²) in [6.45, 7) is 2.06. The summed E-state index contributed by atoms with van der Waals surface area (Å²) in [6, 6.07) is 21.6. The molecule has 0 atom stereocenters. The maximum absolute atomic E-state index is 13.0. The third-order valence-electron chi connectivity index (χ3n) is 5.90. The Balaban J connectivity index is 1.25. The van der Waals surface area contributed by atoms with Crippen LogP contribution in [0.25, 0.3) is 11.1 Å². The van der Waals surface area contributed by atoms with E-state index < -0.39 is 0 Å². The lowest BCUT2D eigenvalue weighted by atomic mass is 9.95. The Kier molecular flexibility index (Phi) is 7.12. The first-order chi connectivity index (χ1) is 15.7. The molecule has 1 fully saturated rings. The first-order valence-electron chi connectivity index (χ1n) is 11.0. The summed E-state index contributed by atoms with van der Waals surface area (Å²) in [7, 11) is 0. The number of aromatic nitrogens is 1. The molecule has 2 N–H and O–H groups in total. The van der Waals surface area contributed by atoms with Crippen molar-refractivity contribution in [3.8, 4) is 11.1 Å². The van der Waals surface area contributed by atoms with Crippen molar-refractivity contribution in [2.75, 3.05) is 25.0 Å². The number of nitrogens with one attached hydrogen (secondary N) is 2. The van der Waals surface area contributed by atoms with Gasteiger partial charge in [0.15, 0.2) is 0 Å². The van der Waals surface area contributed by atoms with Crippen molar-refractivity contribution in [1.29, 1.82) is 0 Å². The number of hydrogen-bond acceptors (Lipinski definition) is 3. The van der Waals surface area contributed by atoms with Gasteiger partial charge in [-0.05, 0) is 47.6 Å². The average Bonchev–Trinajstić information content (AvgIpc) is 2.84. The third-order valence-corrected chi connectivity index (χ3v) is 5.90. The van der Waals surface area contributed by atoms with Crippen molar-refractivity contribution < 1.29 is 9.59 Å². The summed E-state index contributed by atoms with van der Waals surface area (Å²) in [5.74, 6) is 0.536. The van der Waals surface area contributed by atoms with Gasteiger partial charge in [-0.2, -0.15) is 0 Å². The number of urea groups is 1. The number of likely N-dealkylation sites (tertiary alicyclic amines) is 1. The summed E-state index contributed by atoms with van der Waals surface area (Å²) in [5.41, 5.74) is 4.01. The second kappa shape index (κ2) is 10.6. The van der Waals surface area contributed by atoms with Gasteiger partial charge >= 0.3 is 6.03 Å². The molecule has 0 radical (unpaired) electrons. The molecule has 1 saturated heterocycles. The molecule has 1 aliphatic rings. The van der Waals surface area contributed by atoms with Gasteiger partial charge in [-0.15, -0.1) is 0 Å². The Bertz CT molecular complexity index is 1030. The monoisotopic (exact) mass is 428 g/mol. The molecule has 0 bridgehead atoms. The van der Waals surface area contributed by atoms with Crippen LogP contribution in [0.3, 0.4) is 0 Å². The van der Waals surface area contributed by atoms with Gasteiger partial charge in [0.05, 0.1) is 6.42 Å². The molecule has 164 valence electrons. The number of piperidine rings is 1. The molecule has 3 amide bonds. The zero-order valence-electron chi connectivity index (χ0n) is 18.0. The topological polar surface area (TPSA) is 74.3 Å². The predicted molar refractivity (Wildman–Crippen MR) is 126 cm³/mol. The van der Waals surface area contributed by atoms with Crippen LogP contribution in [-0.2, 0) is 11.2 Å². The van der Waals surface area contributed by atoms with Crippen LogP contribution >= 0.6 is 0 Å². The van der Waals surface area contributed by atoms with E-state index in [9.17, 15) is 9.59 Å². The normalized spacial score (nSPS) is 14.1. The number of benzene rings is 2. The van der Waals surface area contributed by atoms with E-state index in [1.54, 1.807) is 24.5 Å². The highest BCUT2D eigenvalue weighted by Crippen LogP contribution is 2.25. The van der Waals surface area contributed by atoms with Crippen molar-refractivity contribution in [2.24, 2.45) is 5.92 Å². The molecule has 6 nitrogen and oxygen atoms in total. The van der Waals surface area contributed by atoms with E-state index >= 15 is 0 Å². The Morgan fingerprint density at radius 2 is 1.59 bits per heavy atom. The van der Waals surface area contributed by atoms with Crippen LogP contribution in [0.4, 0.5) is 10.5 Å². The zero-order chi connectivity index (χ0) is 22.2. The second-order valence-electron chi connectivity index (χ2n) is 8.10. The molecule has 3 aromatic rings. The van der Waals surface area contributed by atoms with Crippen LogP contribution in [0.1, 0.15) is 18.4 Å². The molecule has 0 aliphatic carbocycles. The van der Waals surface area contributed by atoms with E-state index in [0.29, 0.717) is 24.6 Å². The first kappa shape index (κ1) is 21.6. The molecule has 0 spiro atoms. The summed E-state index contributed by atoms with van der Waals surface area (Å²) >= 11 is 0. The smallest absolute Gasteiger partial charge is 0.319 e. The van der Waals surface area contributed by atoms with E-state index in [2.05, 4.69) is 33.8 Å². The van der Waals surface area contributed by atoms with E-state index in [0.717, 1.165) is 42.6 Å². The molecule has 0 saturated carbocycles. The van der Waals surface area contributed by atoms with Crippen LogP contribution in [0.2, 0.25) is 0 Å². The standard InChI is InChI=1S/C26H28N4O2/c31-25(18-22-8-4-5-9-24(22)21-6-2-1-3-7-21)30-16-12-20(13-17-30)19-28-26(32)29-23-10-14-27-15-11-23/h1-11,14-15,20H,12-13,16-19H2,(H2,27,28,29,32). The number of nitrogens with zero attached hydrogens (tertiary/aromatic N) is 2. The average molecular weight is 429 g/mol. The molecule has 6 heteroatoms. The molecule has 2 aromatic carbocycles. The zero-order valence-corrected chi connectivity index (χ0v) is 18.0. The van der Waals surface area contributed by atoms with Crippen molar-refractivity contribution in [1.82, 2.24) is 15.2 Å². The summed E-state index contributed by atoms with van der Waals surface area (Å²) < 4.78 is 0. The van der Waals surface area contributed by atoms with Gasteiger partial charge in [-0.25, -0.2) is 4.79 Å². The lowest BCUT2D eigenvalue weighted by Gasteiger charge is -2.32. The number of anilines is 1. The largest absolute Gasteiger partial charge is 0.342 e. The molecule has 32 heavy (non-hydrogen) atoms. The van der Waals surface area contributed by atoms with Crippen molar-refractivity contribution >= 4 is 17.6 Å². The van der Waals surface area contributed by atoms with Gasteiger partial charge in [0.25, 0.3) is 0 Å². The second-order valence-corrected chi connectivity index (χ2v) is 8.10. The summed E-state index contributed by atoms with van der Waals surface area (Å²) in [4.78, 5) is 30.9. The highest BCUT2D eigenvalue weighted by atomic mass is 16.2. The molecule has 1 aromatic heterocycles. The van der Waals surface area contributed by atoms with Crippen LogP contribution in [0, 0.1) is 5.92 Å². The van der Waals surface area contributed by atoms with Crippen LogP contribution in [0.15, 0.2) is 79.1 Å². The minimum atomic E-state index is -0.216. The van der Waals surface area contributed by atoms with Crippen molar-refractivity contribution in [3.05, 3.63) is 84.7 Å². The van der Waals surface area contributed by atoms with Crippen LogP contribution < -0.4 is 10.6 Å². The van der Waals surface area contributed by atoms with Gasteiger partial charge in [0, 0.05) is 37.7 Å². The van der Waals surface area contributed by atoms with E-state index in [1.807, 2.05) is 41.3 Å². The first-order valence-corrected chi connectivity index (χ1v) is 11.0. The summed E-state index contributed by atoms with van der Waals surface area (Å²) in [5, 5.41) is 5.74. The molecule has 1 aliphatic heterocycles. The lowest BCUT2D eigenvalue weighted by molar-refractivity contribution is -0.131.